The average Bonchev–Trinajstić information content (AvgIpc) is 2.74. The van der Waals surface area contributed by atoms with Gasteiger partial charge >= 0.3 is 6.03 Å². The van der Waals surface area contributed by atoms with Crippen molar-refractivity contribution in [3.63, 3.8) is 0 Å². The Bertz CT molecular complexity index is 651. The van der Waals surface area contributed by atoms with Crippen molar-refractivity contribution in [1.29, 1.82) is 0 Å². The minimum atomic E-state index is -0.217. The van der Waals surface area contributed by atoms with E-state index in [9.17, 15) is 9.59 Å². The summed E-state index contributed by atoms with van der Waals surface area (Å²) in [7, 11) is 1.85. The number of rotatable bonds is 3. The molecule has 0 aliphatic carbocycles. The van der Waals surface area contributed by atoms with E-state index in [2.05, 4.69) is 15.2 Å². The molecule has 2 saturated heterocycles. The highest BCUT2D eigenvalue weighted by Crippen LogP contribution is 2.34. The minimum absolute atomic E-state index is 0.0407. The fourth-order valence-corrected chi connectivity index (χ4v) is 4.03. The van der Waals surface area contributed by atoms with Crippen LogP contribution in [0.4, 0.5) is 4.79 Å². The van der Waals surface area contributed by atoms with Crippen LogP contribution in [0.5, 0.6) is 0 Å². The molecule has 3 amide bonds. The highest BCUT2D eigenvalue weighted by Gasteiger charge is 2.46. The molecule has 1 unspecified atom stereocenters. The van der Waals surface area contributed by atoms with E-state index >= 15 is 0 Å². The van der Waals surface area contributed by atoms with E-state index in [1.807, 2.05) is 44.0 Å². The van der Waals surface area contributed by atoms with Crippen LogP contribution in [0.2, 0.25) is 0 Å². The lowest BCUT2D eigenvalue weighted by molar-refractivity contribution is -0.126. The first-order valence-corrected chi connectivity index (χ1v) is 9.29. The average molecular weight is 359 g/mol. The molecule has 2 aliphatic rings. The maximum absolute atomic E-state index is 12.6. The van der Waals surface area contributed by atoms with Gasteiger partial charge in [-0.05, 0) is 26.0 Å². The van der Waals surface area contributed by atoms with Crippen LogP contribution in [0.15, 0.2) is 24.4 Å². The number of hydrogen-bond acceptors (Lipinski definition) is 4. The summed E-state index contributed by atoms with van der Waals surface area (Å²) in [6.45, 7) is 8.20. The van der Waals surface area contributed by atoms with E-state index in [0.29, 0.717) is 26.1 Å². The van der Waals surface area contributed by atoms with Crippen LogP contribution in [0.3, 0.4) is 0 Å². The number of urea groups is 1. The first kappa shape index (κ1) is 18.6. The van der Waals surface area contributed by atoms with Crippen molar-refractivity contribution >= 4 is 11.9 Å². The number of likely N-dealkylation sites (tertiary alicyclic amines) is 1. The summed E-state index contributed by atoms with van der Waals surface area (Å²) in [5.41, 5.74) is 0.797. The van der Waals surface area contributed by atoms with Gasteiger partial charge in [-0.1, -0.05) is 6.07 Å². The van der Waals surface area contributed by atoms with Gasteiger partial charge in [0.1, 0.15) is 0 Å². The van der Waals surface area contributed by atoms with Gasteiger partial charge in [0.05, 0.1) is 5.69 Å². The van der Waals surface area contributed by atoms with Gasteiger partial charge in [-0.25, -0.2) is 4.79 Å². The predicted octanol–water partition coefficient (Wildman–Crippen LogP) is 1.17. The smallest absolute Gasteiger partial charge is 0.317 e. The first-order valence-electron chi connectivity index (χ1n) is 9.29. The van der Waals surface area contributed by atoms with Crippen molar-refractivity contribution in [3.05, 3.63) is 30.1 Å². The molecular formula is C19H29N5O2. The Labute approximate surface area is 155 Å². The van der Waals surface area contributed by atoms with Crippen molar-refractivity contribution < 1.29 is 9.59 Å². The SMILES string of the molecule is CC(C)NC(=O)N1CCN(Cc2ccccn2)CC2(CC(=O)N(C)C2)C1. The lowest BCUT2D eigenvalue weighted by atomic mass is 9.86. The topological polar surface area (TPSA) is 68.8 Å². The van der Waals surface area contributed by atoms with Gasteiger partial charge in [-0.15, -0.1) is 0 Å². The summed E-state index contributed by atoms with van der Waals surface area (Å²) in [6, 6.07) is 5.98. The summed E-state index contributed by atoms with van der Waals surface area (Å²) >= 11 is 0. The molecule has 3 heterocycles. The monoisotopic (exact) mass is 359 g/mol. The van der Waals surface area contributed by atoms with Gasteiger partial charge in [0.25, 0.3) is 0 Å². The summed E-state index contributed by atoms with van der Waals surface area (Å²) in [4.78, 5) is 35.3. The molecule has 3 rings (SSSR count). The Morgan fingerprint density at radius 1 is 1.27 bits per heavy atom. The van der Waals surface area contributed by atoms with Crippen molar-refractivity contribution in [2.75, 3.05) is 39.8 Å². The van der Waals surface area contributed by atoms with Gasteiger partial charge < -0.3 is 15.1 Å². The van der Waals surface area contributed by atoms with Crippen LogP contribution in [0, 0.1) is 5.41 Å². The molecule has 1 aromatic rings. The second-order valence-corrected chi connectivity index (χ2v) is 7.98. The lowest BCUT2D eigenvalue weighted by Crippen LogP contribution is -2.48. The lowest BCUT2D eigenvalue weighted by Gasteiger charge is -2.33. The molecule has 1 atom stereocenters. The minimum Gasteiger partial charge on any atom is -0.345 e. The van der Waals surface area contributed by atoms with Crippen molar-refractivity contribution in [1.82, 2.24) is 25.0 Å². The molecule has 0 bridgehead atoms. The summed E-state index contributed by atoms with van der Waals surface area (Å²) in [6.07, 6.45) is 2.30. The van der Waals surface area contributed by atoms with Crippen molar-refractivity contribution in [3.8, 4) is 0 Å². The van der Waals surface area contributed by atoms with E-state index in [1.165, 1.54) is 0 Å². The quantitative estimate of drug-likeness (QED) is 0.880. The van der Waals surface area contributed by atoms with Gasteiger partial charge in [0, 0.05) is 70.4 Å². The van der Waals surface area contributed by atoms with Crippen LogP contribution in [0.25, 0.3) is 0 Å². The number of carbonyl (C=O) groups is 2. The summed E-state index contributed by atoms with van der Waals surface area (Å²) < 4.78 is 0. The Kier molecular flexibility index (Phi) is 5.46. The number of nitrogens with zero attached hydrogens (tertiary/aromatic N) is 4. The molecule has 0 radical (unpaired) electrons. The maximum Gasteiger partial charge on any atom is 0.317 e. The summed E-state index contributed by atoms with van der Waals surface area (Å²) in [5, 5.41) is 2.99. The zero-order valence-electron chi connectivity index (χ0n) is 15.9. The maximum atomic E-state index is 12.6. The number of carbonyl (C=O) groups excluding carboxylic acids is 2. The molecule has 1 N–H and O–H groups in total. The molecule has 1 spiro atoms. The molecule has 7 nitrogen and oxygen atoms in total. The van der Waals surface area contributed by atoms with Crippen molar-refractivity contribution in [2.45, 2.75) is 32.9 Å². The number of amides is 3. The van der Waals surface area contributed by atoms with Crippen LogP contribution in [-0.4, -0.2) is 77.4 Å². The molecule has 2 aliphatic heterocycles. The molecule has 2 fully saturated rings. The highest BCUT2D eigenvalue weighted by atomic mass is 16.2. The number of nitrogens with one attached hydrogen (secondary N) is 1. The van der Waals surface area contributed by atoms with E-state index < -0.39 is 0 Å². The van der Waals surface area contributed by atoms with E-state index in [0.717, 1.165) is 25.3 Å². The zero-order valence-corrected chi connectivity index (χ0v) is 15.9. The fraction of sp³-hybridized carbons (Fsp3) is 0.632. The molecule has 0 saturated carbocycles. The van der Waals surface area contributed by atoms with Gasteiger partial charge in [-0.2, -0.15) is 0 Å². The predicted molar refractivity (Wildman–Crippen MR) is 99.4 cm³/mol. The van der Waals surface area contributed by atoms with Crippen LogP contribution in [0.1, 0.15) is 26.0 Å². The molecule has 1 aromatic heterocycles. The van der Waals surface area contributed by atoms with Crippen LogP contribution < -0.4 is 5.32 Å². The van der Waals surface area contributed by atoms with E-state index in [4.69, 9.17) is 0 Å². The third kappa shape index (κ3) is 4.33. The van der Waals surface area contributed by atoms with Crippen LogP contribution in [-0.2, 0) is 11.3 Å². The molecule has 7 heteroatoms. The van der Waals surface area contributed by atoms with Gasteiger partial charge in [0.2, 0.25) is 5.91 Å². The Hall–Kier alpha value is -2.15. The third-order valence-corrected chi connectivity index (χ3v) is 5.11. The van der Waals surface area contributed by atoms with Crippen molar-refractivity contribution in [2.24, 2.45) is 5.41 Å². The Balaban J connectivity index is 1.78. The molecular weight excluding hydrogens is 330 g/mol. The normalized spacial score (nSPS) is 24.4. The van der Waals surface area contributed by atoms with Gasteiger partial charge in [0.15, 0.2) is 0 Å². The largest absolute Gasteiger partial charge is 0.345 e. The Morgan fingerprint density at radius 3 is 2.69 bits per heavy atom. The molecule has 26 heavy (non-hydrogen) atoms. The second-order valence-electron chi connectivity index (χ2n) is 7.98. The zero-order chi connectivity index (χ0) is 18.7. The van der Waals surface area contributed by atoms with E-state index in [1.54, 1.807) is 11.1 Å². The second kappa shape index (κ2) is 7.61. The molecule has 0 aromatic carbocycles. The fourth-order valence-electron chi connectivity index (χ4n) is 4.03. The summed E-state index contributed by atoms with van der Waals surface area (Å²) in [5.74, 6) is 0.161. The number of aromatic nitrogens is 1. The van der Waals surface area contributed by atoms with Gasteiger partial charge in [-0.3, -0.25) is 14.7 Å². The molecule has 142 valence electrons. The first-order chi connectivity index (χ1) is 12.4. The Morgan fingerprint density at radius 2 is 2.08 bits per heavy atom. The highest BCUT2D eigenvalue weighted by molar-refractivity contribution is 5.80. The number of hydrogen-bond donors (Lipinski definition) is 1. The number of pyridine rings is 1. The van der Waals surface area contributed by atoms with E-state index in [-0.39, 0.29) is 23.4 Å². The van der Waals surface area contributed by atoms with Crippen LogP contribution >= 0.6 is 0 Å². The standard InChI is InChI=1S/C19H29N5O2/c1-15(2)21-18(26)24-9-8-23(11-16-6-4-5-7-20-16)13-19(14-24)10-17(25)22(3)12-19/h4-7,15H,8-14H2,1-3H3,(H,21,26). The third-order valence-electron chi connectivity index (χ3n) is 5.11.